The maximum atomic E-state index is 3.81. The molecular weight excluding hydrogens is 276 g/mol. The van der Waals surface area contributed by atoms with Gasteiger partial charge in [0.25, 0.3) is 0 Å². The van der Waals surface area contributed by atoms with Crippen LogP contribution in [0.5, 0.6) is 0 Å². The molecule has 0 aromatic heterocycles. The number of nitrogens with one attached hydrogen (secondary N) is 1. The lowest BCUT2D eigenvalue weighted by Crippen LogP contribution is -2.57. The molecule has 1 heterocycles. The van der Waals surface area contributed by atoms with Gasteiger partial charge in [-0.05, 0) is 37.3 Å². The lowest BCUT2D eigenvalue weighted by Gasteiger charge is -2.40. The Morgan fingerprint density at radius 3 is 2.76 bits per heavy atom. The number of benzene rings is 1. The second kappa shape index (κ2) is 7.66. The molecule has 1 saturated heterocycles. The number of nitrogens with zero attached hydrogens (tertiary/aromatic N) is 1. The number of rotatable bonds is 7. The van der Waals surface area contributed by atoms with E-state index in [-0.39, 0.29) is 0 Å². The normalized spacial score (nSPS) is 26.9. The lowest BCUT2D eigenvalue weighted by molar-refractivity contribution is 0.123. The summed E-state index contributed by atoms with van der Waals surface area (Å²) in [4.78, 5) is 4.16. The van der Waals surface area contributed by atoms with Crippen LogP contribution >= 0.6 is 11.8 Å². The number of thioether (sulfide) groups is 1. The molecule has 0 radical (unpaired) electrons. The molecular formula is C18H28N2S. The molecule has 0 amide bonds. The Morgan fingerprint density at radius 1 is 1.24 bits per heavy atom. The molecule has 0 spiro atoms. The van der Waals surface area contributed by atoms with Crippen molar-refractivity contribution < 1.29 is 0 Å². The van der Waals surface area contributed by atoms with Gasteiger partial charge in [0.05, 0.1) is 0 Å². The zero-order valence-corrected chi connectivity index (χ0v) is 13.9. The first-order valence-corrected chi connectivity index (χ1v) is 9.50. The first kappa shape index (κ1) is 15.4. The summed E-state index contributed by atoms with van der Waals surface area (Å²) in [6, 6.07) is 12.3. The smallest absolute Gasteiger partial charge is 0.0224 e. The standard InChI is InChI=1S/C18H28N2S/c1-2-6-16-13-19-18(15-9-10-15)14-20(16)11-12-21-17-7-4-3-5-8-17/h3-5,7-8,15-16,18-19H,2,6,9-14H2,1H3. The van der Waals surface area contributed by atoms with Crippen LogP contribution in [0.1, 0.15) is 32.6 Å². The minimum atomic E-state index is 0.751. The fraction of sp³-hybridized carbons (Fsp3) is 0.667. The van der Waals surface area contributed by atoms with Crippen molar-refractivity contribution >= 4 is 11.8 Å². The monoisotopic (exact) mass is 304 g/mol. The average Bonchev–Trinajstić information content (AvgIpc) is 3.35. The highest BCUT2D eigenvalue weighted by molar-refractivity contribution is 7.99. The Kier molecular flexibility index (Phi) is 5.61. The van der Waals surface area contributed by atoms with E-state index in [9.17, 15) is 0 Å². The molecule has 116 valence electrons. The largest absolute Gasteiger partial charge is 0.311 e. The van der Waals surface area contributed by atoms with Crippen molar-refractivity contribution in [2.45, 2.75) is 49.6 Å². The van der Waals surface area contributed by atoms with Gasteiger partial charge in [0.1, 0.15) is 0 Å². The van der Waals surface area contributed by atoms with Gasteiger partial charge in [-0.2, -0.15) is 0 Å². The molecule has 2 unspecified atom stereocenters. The van der Waals surface area contributed by atoms with Crippen LogP contribution < -0.4 is 5.32 Å². The first-order valence-electron chi connectivity index (χ1n) is 8.52. The Labute approximate surface area is 133 Å². The van der Waals surface area contributed by atoms with Crippen molar-refractivity contribution in [1.82, 2.24) is 10.2 Å². The van der Waals surface area contributed by atoms with Crippen LogP contribution in [0.2, 0.25) is 0 Å². The molecule has 0 bridgehead atoms. The molecule has 21 heavy (non-hydrogen) atoms. The summed E-state index contributed by atoms with van der Waals surface area (Å²) in [5.74, 6) is 2.18. The van der Waals surface area contributed by atoms with Gasteiger partial charge in [-0.3, -0.25) is 4.90 Å². The van der Waals surface area contributed by atoms with E-state index in [2.05, 4.69) is 47.5 Å². The third-order valence-corrected chi connectivity index (χ3v) is 5.76. The van der Waals surface area contributed by atoms with Gasteiger partial charge in [0, 0.05) is 42.4 Å². The van der Waals surface area contributed by atoms with Gasteiger partial charge in [-0.25, -0.2) is 0 Å². The predicted molar refractivity (Wildman–Crippen MR) is 91.9 cm³/mol. The second-order valence-electron chi connectivity index (χ2n) is 6.45. The van der Waals surface area contributed by atoms with Gasteiger partial charge < -0.3 is 5.32 Å². The summed E-state index contributed by atoms with van der Waals surface area (Å²) in [5, 5.41) is 3.81. The zero-order chi connectivity index (χ0) is 14.5. The van der Waals surface area contributed by atoms with Crippen LogP contribution in [-0.4, -0.2) is 42.4 Å². The molecule has 1 N–H and O–H groups in total. The SMILES string of the molecule is CCCC1CNC(C2CC2)CN1CCSc1ccccc1. The quantitative estimate of drug-likeness (QED) is 0.774. The third kappa shape index (κ3) is 4.48. The Hall–Kier alpha value is -0.510. The molecule has 1 aromatic rings. The van der Waals surface area contributed by atoms with E-state index in [4.69, 9.17) is 0 Å². The maximum absolute atomic E-state index is 3.81. The highest BCUT2D eigenvalue weighted by Crippen LogP contribution is 2.34. The van der Waals surface area contributed by atoms with Gasteiger partial charge >= 0.3 is 0 Å². The van der Waals surface area contributed by atoms with Crippen LogP contribution in [0.25, 0.3) is 0 Å². The van der Waals surface area contributed by atoms with Crippen LogP contribution in [0.4, 0.5) is 0 Å². The highest BCUT2D eigenvalue weighted by Gasteiger charge is 2.36. The van der Waals surface area contributed by atoms with E-state index in [1.165, 1.54) is 56.0 Å². The first-order chi connectivity index (χ1) is 10.4. The number of hydrogen-bond donors (Lipinski definition) is 1. The Balaban J connectivity index is 1.49. The molecule has 1 aliphatic heterocycles. The van der Waals surface area contributed by atoms with Crippen molar-refractivity contribution in [3.63, 3.8) is 0 Å². The van der Waals surface area contributed by atoms with E-state index in [0.717, 1.165) is 18.0 Å². The fourth-order valence-corrected chi connectivity index (χ4v) is 4.30. The molecule has 2 aliphatic rings. The van der Waals surface area contributed by atoms with Crippen molar-refractivity contribution in [3.05, 3.63) is 30.3 Å². The minimum Gasteiger partial charge on any atom is -0.311 e. The van der Waals surface area contributed by atoms with Crippen LogP contribution in [0.3, 0.4) is 0 Å². The highest BCUT2D eigenvalue weighted by atomic mass is 32.2. The Morgan fingerprint density at radius 2 is 2.05 bits per heavy atom. The number of hydrogen-bond acceptors (Lipinski definition) is 3. The fourth-order valence-electron chi connectivity index (χ4n) is 3.39. The topological polar surface area (TPSA) is 15.3 Å². The molecule has 1 aromatic carbocycles. The van der Waals surface area contributed by atoms with Crippen LogP contribution in [0.15, 0.2) is 35.2 Å². The molecule has 3 heteroatoms. The summed E-state index contributed by atoms with van der Waals surface area (Å²) in [6.07, 6.45) is 5.52. The van der Waals surface area contributed by atoms with Crippen LogP contribution in [-0.2, 0) is 0 Å². The van der Waals surface area contributed by atoms with Crippen molar-refractivity contribution in [1.29, 1.82) is 0 Å². The van der Waals surface area contributed by atoms with E-state index in [0.29, 0.717) is 0 Å². The molecule has 2 nitrogen and oxygen atoms in total. The molecule has 2 atom stereocenters. The molecule has 1 saturated carbocycles. The summed E-state index contributed by atoms with van der Waals surface area (Å²) in [6.45, 7) is 6.01. The van der Waals surface area contributed by atoms with Gasteiger partial charge in [-0.15, -0.1) is 11.8 Å². The van der Waals surface area contributed by atoms with Gasteiger partial charge in [0.15, 0.2) is 0 Å². The van der Waals surface area contributed by atoms with Crippen molar-refractivity contribution in [2.24, 2.45) is 5.92 Å². The summed E-state index contributed by atoms with van der Waals surface area (Å²) < 4.78 is 0. The van der Waals surface area contributed by atoms with E-state index in [1.54, 1.807) is 0 Å². The summed E-state index contributed by atoms with van der Waals surface area (Å²) in [7, 11) is 0. The minimum absolute atomic E-state index is 0.751. The van der Waals surface area contributed by atoms with E-state index < -0.39 is 0 Å². The zero-order valence-electron chi connectivity index (χ0n) is 13.1. The van der Waals surface area contributed by atoms with Crippen LogP contribution in [0, 0.1) is 5.92 Å². The molecule has 1 aliphatic carbocycles. The van der Waals surface area contributed by atoms with E-state index >= 15 is 0 Å². The van der Waals surface area contributed by atoms with Crippen molar-refractivity contribution in [2.75, 3.05) is 25.4 Å². The van der Waals surface area contributed by atoms with Crippen molar-refractivity contribution in [3.8, 4) is 0 Å². The molecule has 3 rings (SSSR count). The summed E-state index contributed by atoms with van der Waals surface area (Å²) >= 11 is 2.00. The van der Waals surface area contributed by atoms with Gasteiger partial charge in [0.2, 0.25) is 0 Å². The number of piperazine rings is 1. The lowest BCUT2D eigenvalue weighted by atomic mass is 10.0. The molecule has 2 fully saturated rings. The maximum Gasteiger partial charge on any atom is 0.0224 e. The summed E-state index contributed by atoms with van der Waals surface area (Å²) in [5.41, 5.74) is 0. The second-order valence-corrected chi connectivity index (χ2v) is 7.62. The van der Waals surface area contributed by atoms with E-state index in [1.807, 2.05) is 11.8 Å². The predicted octanol–water partition coefficient (Wildman–Crippen LogP) is 3.63. The average molecular weight is 305 g/mol. The van der Waals surface area contributed by atoms with Gasteiger partial charge in [-0.1, -0.05) is 31.5 Å². The third-order valence-electron chi connectivity index (χ3n) is 4.77. The Bertz CT molecular complexity index is 418.